The first-order valence-electron chi connectivity index (χ1n) is 14.0. The SMILES string of the molecule is CCCCNC(=O)[C@H](Cc1ccccc1)N(Cc1cccc(OC)c1)C(=O)CN(c1cc([N+](=O)[O-])ccc1OC)S(C)(=O)=O. The summed E-state index contributed by atoms with van der Waals surface area (Å²) in [5, 5.41) is 14.4. The highest BCUT2D eigenvalue weighted by Crippen LogP contribution is 2.34. The largest absolute Gasteiger partial charge is 0.497 e. The number of sulfonamides is 1. The van der Waals surface area contributed by atoms with E-state index in [1.54, 1.807) is 24.3 Å². The summed E-state index contributed by atoms with van der Waals surface area (Å²) in [4.78, 5) is 40.1. The molecule has 3 rings (SSSR count). The quantitative estimate of drug-likeness (QED) is 0.143. The molecule has 3 aromatic rings. The predicted octanol–water partition coefficient (Wildman–Crippen LogP) is 3.93. The molecular formula is C31H38N4O8S. The molecule has 0 bridgehead atoms. The lowest BCUT2D eigenvalue weighted by Gasteiger charge is -2.33. The van der Waals surface area contributed by atoms with Gasteiger partial charge in [0.15, 0.2) is 0 Å². The molecule has 0 aliphatic rings. The number of ether oxygens (including phenoxy) is 2. The Kier molecular flexibility index (Phi) is 12.1. The Labute approximate surface area is 257 Å². The molecule has 1 N–H and O–H groups in total. The van der Waals surface area contributed by atoms with Crippen molar-refractivity contribution in [2.24, 2.45) is 0 Å². The van der Waals surface area contributed by atoms with Crippen molar-refractivity contribution in [1.29, 1.82) is 0 Å². The number of hydrogen-bond acceptors (Lipinski definition) is 8. The fourth-order valence-corrected chi connectivity index (χ4v) is 5.45. The van der Waals surface area contributed by atoms with Crippen LogP contribution in [-0.4, -0.2) is 69.7 Å². The molecular weight excluding hydrogens is 588 g/mol. The zero-order valence-electron chi connectivity index (χ0n) is 25.3. The summed E-state index contributed by atoms with van der Waals surface area (Å²) in [6.07, 6.45) is 2.64. The van der Waals surface area contributed by atoms with Crippen LogP contribution < -0.4 is 19.1 Å². The summed E-state index contributed by atoms with van der Waals surface area (Å²) in [7, 11) is -1.36. The lowest BCUT2D eigenvalue weighted by atomic mass is 10.0. The van der Waals surface area contributed by atoms with Gasteiger partial charge in [0.2, 0.25) is 21.8 Å². The maximum atomic E-state index is 14.3. The third-order valence-electron chi connectivity index (χ3n) is 6.91. The monoisotopic (exact) mass is 626 g/mol. The van der Waals surface area contributed by atoms with Gasteiger partial charge in [0.05, 0.1) is 25.4 Å². The Morgan fingerprint density at radius 1 is 0.977 bits per heavy atom. The molecule has 0 aliphatic carbocycles. The van der Waals surface area contributed by atoms with Gasteiger partial charge in [0, 0.05) is 31.6 Å². The van der Waals surface area contributed by atoms with Crippen LogP contribution in [0.1, 0.15) is 30.9 Å². The number of nitro benzene ring substituents is 1. The summed E-state index contributed by atoms with van der Waals surface area (Å²) in [6, 6.07) is 18.7. The summed E-state index contributed by atoms with van der Waals surface area (Å²) in [5.41, 5.74) is 0.890. The van der Waals surface area contributed by atoms with Gasteiger partial charge in [0.1, 0.15) is 29.8 Å². The topological polar surface area (TPSA) is 148 Å². The number of hydrogen-bond donors (Lipinski definition) is 1. The first kappa shape index (κ1) is 33.8. The van der Waals surface area contributed by atoms with Crippen LogP contribution in [0.4, 0.5) is 11.4 Å². The zero-order valence-corrected chi connectivity index (χ0v) is 26.1. The fraction of sp³-hybridized carbons (Fsp3) is 0.355. The summed E-state index contributed by atoms with van der Waals surface area (Å²) < 4.78 is 37.6. The number of benzene rings is 3. The van der Waals surface area contributed by atoms with E-state index in [4.69, 9.17) is 9.47 Å². The van der Waals surface area contributed by atoms with Crippen molar-refractivity contribution < 1.29 is 32.4 Å². The van der Waals surface area contributed by atoms with Crippen LogP contribution in [-0.2, 0) is 32.6 Å². The third-order valence-corrected chi connectivity index (χ3v) is 8.04. The summed E-state index contributed by atoms with van der Waals surface area (Å²) >= 11 is 0. The van der Waals surface area contributed by atoms with Gasteiger partial charge >= 0.3 is 0 Å². The maximum Gasteiger partial charge on any atom is 0.271 e. The van der Waals surface area contributed by atoms with Crippen LogP contribution in [0.15, 0.2) is 72.8 Å². The number of methoxy groups -OCH3 is 2. The minimum Gasteiger partial charge on any atom is -0.497 e. The average Bonchev–Trinajstić information content (AvgIpc) is 3.01. The number of unbranched alkanes of at least 4 members (excludes halogenated alkanes) is 1. The first-order chi connectivity index (χ1) is 21.0. The maximum absolute atomic E-state index is 14.3. The Bertz CT molecular complexity index is 1550. The molecule has 0 saturated carbocycles. The van der Waals surface area contributed by atoms with E-state index in [0.717, 1.165) is 35.0 Å². The van der Waals surface area contributed by atoms with Crippen molar-refractivity contribution in [3.05, 3.63) is 94.0 Å². The minimum atomic E-state index is -4.16. The Hall–Kier alpha value is -4.65. The highest BCUT2D eigenvalue weighted by molar-refractivity contribution is 7.92. The van der Waals surface area contributed by atoms with Crippen molar-refractivity contribution in [2.75, 3.05) is 37.9 Å². The Morgan fingerprint density at radius 2 is 1.68 bits per heavy atom. The van der Waals surface area contributed by atoms with Crippen LogP contribution in [0.3, 0.4) is 0 Å². The molecule has 0 fully saturated rings. The Morgan fingerprint density at radius 3 is 2.30 bits per heavy atom. The summed E-state index contributed by atoms with van der Waals surface area (Å²) in [6.45, 7) is 1.61. The van der Waals surface area contributed by atoms with E-state index < -0.39 is 39.3 Å². The molecule has 2 amide bonds. The third kappa shape index (κ3) is 9.17. The molecule has 12 nitrogen and oxygen atoms in total. The number of anilines is 1. The number of nitro groups is 1. The highest BCUT2D eigenvalue weighted by atomic mass is 32.2. The van der Waals surface area contributed by atoms with Crippen molar-refractivity contribution >= 4 is 33.2 Å². The lowest BCUT2D eigenvalue weighted by molar-refractivity contribution is -0.384. The number of carbonyl (C=O) groups excluding carboxylic acids is 2. The van der Waals surface area contributed by atoms with E-state index in [-0.39, 0.29) is 30.1 Å². The molecule has 0 saturated heterocycles. The Balaban J connectivity index is 2.12. The molecule has 1 atom stereocenters. The molecule has 236 valence electrons. The normalized spacial score (nSPS) is 11.7. The van der Waals surface area contributed by atoms with Gasteiger partial charge in [-0.3, -0.25) is 24.0 Å². The van der Waals surface area contributed by atoms with E-state index in [1.807, 2.05) is 37.3 Å². The standard InChI is InChI=1S/C31H38N4O8S/c1-5-6-17-32-31(37)28(19-23-11-8-7-9-12-23)33(21-24-13-10-14-26(18-24)42-2)30(36)22-34(44(4,40)41)27-20-25(35(38)39)15-16-29(27)43-3/h7-16,18,20,28H,5-6,17,19,21-22H2,1-4H3,(H,32,37)/t28-/m0/s1. The molecule has 0 unspecified atom stereocenters. The van der Waals surface area contributed by atoms with Gasteiger partial charge in [-0.05, 0) is 35.7 Å². The van der Waals surface area contributed by atoms with E-state index in [0.29, 0.717) is 17.9 Å². The van der Waals surface area contributed by atoms with E-state index in [2.05, 4.69) is 5.32 Å². The molecule has 3 aromatic carbocycles. The highest BCUT2D eigenvalue weighted by Gasteiger charge is 2.34. The molecule has 0 aromatic heterocycles. The second-order valence-corrected chi connectivity index (χ2v) is 12.0. The number of amides is 2. The fourth-order valence-electron chi connectivity index (χ4n) is 4.61. The second kappa shape index (κ2) is 15.7. The van der Waals surface area contributed by atoms with E-state index in [9.17, 15) is 28.1 Å². The van der Waals surface area contributed by atoms with Crippen LogP contribution in [0.25, 0.3) is 0 Å². The van der Waals surface area contributed by atoms with Crippen LogP contribution in [0.2, 0.25) is 0 Å². The van der Waals surface area contributed by atoms with E-state index >= 15 is 0 Å². The predicted molar refractivity (Wildman–Crippen MR) is 167 cm³/mol. The minimum absolute atomic E-state index is 0.0197. The van der Waals surface area contributed by atoms with Crippen molar-refractivity contribution in [3.63, 3.8) is 0 Å². The van der Waals surface area contributed by atoms with Crippen molar-refractivity contribution in [1.82, 2.24) is 10.2 Å². The van der Waals surface area contributed by atoms with E-state index in [1.165, 1.54) is 31.3 Å². The number of nitrogens with one attached hydrogen (secondary N) is 1. The molecule has 0 spiro atoms. The molecule has 44 heavy (non-hydrogen) atoms. The number of rotatable bonds is 16. The zero-order chi connectivity index (χ0) is 32.3. The summed E-state index contributed by atoms with van der Waals surface area (Å²) in [5.74, 6) is -0.525. The molecule has 13 heteroatoms. The first-order valence-corrected chi connectivity index (χ1v) is 15.9. The molecule has 0 aliphatic heterocycles. The van der Waals surface area contributed by atoms with Gasteiger partial charge in [-0.25, -0.2) is 8.42 Å². The van der Waals surface area contributed by atoms with Gasteiger partial charge in [0.25, 0.3) is 5.69 Å². The van der Waals surface area contributed by atoms with Crippen molar-refractivity contribution in [3.8, 4) is 11.5 Å². The van der Waals surface area contributed by atoms with Gasteiger partial charge < -0.3 is 19.7 Å². The number of nitrogens with zero attached hydrogens (tertiary/aromatic N) is 3. The molecule has 0 radical (unpaired) electrons. The van der Waals surface area contributed by atoms with Crippen molar-refractivity contribution in [2.45, 2.75) is 38.8 Å². The second-order valence-electron chi connectivity index (χ2n) is 10.1. The lowest BCUT2D eigenvalue weighted by Crippen LogP contribution is -2.53. The van der Waals surface area contributed by atoms with Crippen LogP contribution in [0, 0.1) is 10.1 Å². The van der Waals surface area contributed by atoms with Gasteiger partial charge in [-0.2, -0.15) is 0 Å². The molecule has 0 heterocycles. The van der Waals surface area contributed by atoms with Gasteiger partial charge in [-0.15, -0.1) is 0 Å². The van der Waals surface area contributed by atoms with Crippen LogP contribution >= 0.6 is 0 Å². The number of carbonyl (C=O) groups is 2. The van der Waals surface area contributed by atoms with Crippen LogP contribution in [0.5, 0.6) is 11.5 Å². The smallest absolute Gasteiger partial charge is 0.271 e. The van der Waals surface area contributed by atoms with Gasteiger partial charge in [-0.1, -0.05) is 55.8 Å². The number of non-ortho nitro benzene ring substituents is 1. The average molecular weight is 627 g/mol.